The molecule has 6 heteroatoms. The van der Waals surface area contributed by atoms with Gasteiger partial charge >= 0.3 is 0 Å². The van der Waals surface area contributed by atoms with Crippen molar-refractivity contribution in [2.75, 3.05) is 10.6 Å². The number of hydrogen-bond donors (Lipinski definition) is 2. The Bertz CT molecular complexity index is 946. The lowest BCUT2D eigenvalue weighted by Gasteiger charge is -2.10. The molecule has 0 aliphatic heterocycles. The minimum atomic E-state index is -0.329. The number of pyridine rings is 1. The van der Waals surface area contributed by atoms with E-state index in [0.717, 1.165) is 5.56 Å². The fraction of sp³-hybridized carbons (Fsp3) is 0.100. The number of nitrogens with one attached hydrogen (secondary N) is 2. The van der Waals surface area contributed by atoms with Crippen LogP contribution in [0.4, 0.5) is 15.8 Å². The van der Waals surface area contributed by atoms with E-state index in [1.165, 1.54) is 12.3 Å². The summed E-state index contributed by atoms with van der Waals surface area (Å²) in [6, 6.07) is 15.1. The lowest BCUT2D eigenvalue weighted by molar-refractivity contribution is 0.102. The molecule has 1 aromatic heterocycles. The van der Waals surface area contributed by atoms with Crippen molar-refractivity contribution in [2.24, 2.45) is 0 Å². The fourth-order valence-electron chi connectivity index (χ4n) is 2.46. The number of carbonyl (C=O) groups excluding carboxylic acids is 1. The number of aromatic nitrogens is 1. The molecule has 0 fully saturated rings. The highest BCUT2D eigenvalue weighted by atomic mass is 35.5. The molecule has 26 heavy (non-hydrogen) atoms. The number of rotatable bonds is 5. The monoisotopic (exact) mass is 369 g/mol. The Balaban J connectivity index is 1.70. The van der Waals surface area contributed by atoms with Gasteiger partial charge in [0, 0.05) is 34.7 Å². The first kappa shape index (κ1) is 17.9. The third-order valence-corrected chi connectivity index (χ3v) is 4.11. The van der Waals surface area contributed by atoms with E-state index in [0.29, 0.717) is 28.5 Å². The average molecular weight is 370 g/mol. The predicted octanol–water partition coefficient (Wildman–Crippen LogP) is 5.05. The van der Waals surface area contributed by atoms with Gasteiger partial charge in [-0.2, -0.15) is 0 Å². The topological polar surface area (TPSA) is 54.0 Å². The summed E-state index contributed by atoms with van der Waals surface area (Å²) < 4.78 is 13.7. The number of hydrogen-bond acceptors (Lipinski definition) is 3. The lowest BCUT2D eigenvalue weighted by atomic mass is 10.2. The molecule has 4 nitrogen and oxygen atoms in total. The van der Waals surface area contributed by atoms with E-state index in [-0.39, 0.29) is 17.4 Å². The smallest absolute Gasteiger partial charge is 0.274 e. The van der Waals surface area contributed by atoms with Crippen LogP contribution in [0.25, 0.3) is 0 Å². The number of carbonyl (C=O) groups is 1. The molecule has 0 bridgehead atoms. The molecule has 2 aromatic carbocycles. The molecule has 3 aromatic rings. The number of anilines is 2. The molecule has 0 unspecified atom stereocenters. The number of halogens is 2. The molecule has 2 N–H and O–H groups in total. The molecule has 3 rings (SSSR count). The van der Waals surface area contributed by atoms with Gasteiger partial charge in [0.1, 0.15) is 11.5 Å². The highest BCUT2D eigenvalue weighted by Gasteiger charge is 2.10. The van der Waals surface area contributed by atoms with Gasteiger partial charge in [-0.05, 0) is 48.9 Å². The van der Waals surface area contributed by atoms with E-state index in [9.17, 15) is 9.18 Å². The number of nitrogens with zero attached hydrogens (tertiary/aromatic N) is 1. The number of amides is 1. The second-order valence-electron chi connectivity index (χ2n) is 5.79. The zero-order valence-electron chi connectivity index (χ0n) is 14.1. The van der Waals surface area contributed by atoms with Gasteiger partial charge in [0.25, 0.3) is 5.91 Å². The van der Waals surface area contributed by atoms with Gasteiger partial charge < -0.3 is 10.6 Å². The largest absolute Gasteiger partial charge is 0.381 e. The minimum absolute atomic E-state index is 0.262. The Kier molecular flexibility index (Phi) is 5.49. The van der Waals surface area contributed by atoms with Crippen LogP contribution in [0.15, 0.2) is 60.8 Å². The third kappa shape index (κ3) is 4.37. The van der Waals surface area contributed by atoms with Crippen LogP contribution >= 0.6 is 11.6 Å². The van der Waals surface area contributed by atoms with Crippen molar-refractivity contribution in [3.8, 4) is 0 Å². The Hall–Kier alpha value is -2.92. The van der Waals surface area contributed by atoms with E-state index in [4.69, 9.17) is 11.6 Å². The Morgan fingerprint density at radius 2 is 1.96 bits per heavy atom. The van der Waals surface area contributed by atoms with E-state index in [1.807, 2.05) is 6.92 Å². The molecular weight excluding hydrogens is 353 g/mol. The van der Waals surface area contributed by atoms with Crippen LogP contribution in [-0.4, -0.2) is 10.9 Å². The minimum Gasteiger partial charge on any atom is -0.381 e. The molecule has 0 aliphatic rings. The molecule has 0 spiro atoms. The van der Waals surface area contributed by atoms with Crippen molar-refractivity contribution in [3.05, 3.63) is 88.5 Å². The molecule has 0 saturated heterocycles. The highest BCUT2D eigenvalue weighted by molar-refractivity contribution is 6.30. The van der Waals surface area contributed by atoms with Gasteiger partial charge in [0.2, 0.25) is 0 Å². The van der Waals surface area contributed by atoms with Gasteiger partial charge in [0.05, 0.1) is 0 Å². The first-order valence-corrected chi connectivity index (χ1v) is 8.41. The summed E-state index contributed by atoms with van der Waals surface area (Å²) in [5.41, 5.74) is 3.02. The summed E-state index contributed by atoms with van der Waals surface area (Å²) >= 11 is 5.93. The Labute approximate surface area is 156 Å². The molecule has 0 aliphatic carbocycles. The second kappa shape index (κ2) is 7.97. The van der Waals surface area contributed by atoms with Gasteiger partial charge in [-0.1, -0.05) is 29.8 Å². The highest BCUT2D eigenvalue weighted by Crippen LogP contribution is 2.20. The predicted molar refractivity (Wildman–Crippen MR) is 102 cm³/mol. The van der Waals surface area contributed by atoms with Crippen molar-refractivity contribution in [1.82, 2.24) is 4.98 Å². The number of benzene rings is 2. The van der Waals surface area contributed by atoms with Gasteiger partial charge in [-0.15, -0.1) is 0 Å². The van der Waals surface area contributed by atoms with Crippen LogP contribution in [0.5, 0.6) is 0 Å². The SMILES string of the molecule is Cc1cc(Cl)ccc1NC(=O)c1cc(NCc2ccccc2F)ccn1. The van der Waals surface area contributed by atoms with Crippen LogP contribution in [0, 0.1) is 12.7 Å². The van der Waals surface area contributed by atoms with Gasteiger partial charge in [-0.25, -0.2) is 4.39 Å². The third-order valence-electron chi connectivity index (χ3n) is 3.87. The number of aryl methyl sites for hydroxylation is 1. The van der Waals surface area contributed by atoms with Crippen LogP contribution < -0.4 is 10.6 Å². The first-order valence-electron chi connectivity index (χ1n) is 8.04. The second-order valence-corrected chi connectivity index (χ2v) is 6.22. The molecule has 1 heterocycles. The van der Waals surface area contributed by atoms with E-state index in [2.05, 4.69) is 15.6 Å². The molecule has 0 atom stereocenters. The van der Waals surface area contributed by atoms with Crippen molar-refractivity contribution in [2.45, 2.75) is 13.5 Å². The molecule has 132 valence electrons. The molecular formula is C20H17ClFN3O. The van der Waals surface area contributed by atoms with Gasteiger partial charge in [0.15, 0.2) is 0 Å². The maximum Gasteiger partial charge on any atom is 0.274 e. The molecule has 1 amide bonds. The summed E-state index contributed by atoms with van der Waals surface area (Å²) in [5.74, 6) is -0.602. The van der Waals surface area contributed by atoms with Gasteiger partial charge in [-0.3, -0.25) is 9.78 Å². The van der Waals surface area contributed by atoms with Crippen LogP contribution in [0.1, 0.15) is 21.6 Å². The van der Waals surface area contributed by atoms with Crippen LogP contribution in [0.2, 0.25) is 5.02 Å². The first-order chi connectivity index (χ1) is 12.5. The van der Waals surface area contributed by atoms with Crippen LogP contribution in [0.3, 0.4) is 0 Å². The maximum atomic E-state index is 13.7. The zero-order valence-corrected chi connectivity index (χ0v) is 14.8. The lowest BCUT2D eigenvalue weighted by Crippen LogP contribution is -2.15. The quantitative estimate of drug-likeness (QED) is 0.662. The summed E-state index contributed by atoms with van der Waals surface area (Å²) in [6.45, 7) is 2.18. The zero-order chi connectivity index (χ0) is 18.5. The van der Waals surface area contributed by atoms with Crippen molar-refractivity contribution in [3.63, 3.8) is 0 Å². The summed E-state index contributed by atoms with van der Waals surface area (Å²) in [5, 5.41) is 6.53. The standard InChI is InChI=1S/C20H17ClFN3O/c1-13-10-15(21)6-7-18(13)25-20(26)19-11-16(8-9-23-19)24-12-14-4-2-3-5-17(14)22/h2-11H,12H2,1H3,(H,23,24)(H,25,26). The van der Waals surface area contributed by atoms with E-state index >= 15 is 0 Å². The summed E-state index contributed by atoms with van der Waals surface area (Å²) in [7, 11) is 0. The molecule has 0 radical (unpaired) electrons. The van der Waals surface area contributed by atoms with Crippen molar-refractivity contribution < 1.29 is 9.18 Å². The normalized spacial score (nSPS) is 10.4. The van der Waals surface area contributed by atoms with Crippen molar-refractivity contribution in [1.29, 1.82) is 0 Å². The fourth-order valence-corrected chi connectivity index (χ4v) is 2.68. The van der Waals surface area contributed by atoms with Crippen molar-refractivity contribution >= 4 is 28.9 Å². The van der Waals surface area contributed by atoms with E-state index < -0.39 is 0 Å². The average Bonchev–Trinajstić information content (AvgIpc) is 2.63. The Morgan fingerprint density at radius 1 is 1.15 bits per heavy atom. The Morgan fingerprint density at radius 3 is 2.73 bits per heavy atom. The van der Waals surface area contributed by atoms with Crippen LogP contribution in [-0.2, 0) is 6.54 Å². The van der Waals surface area contributed by atoms with E-state index in [1.54, 1.807) is 48.5 Å². The maximum absolute atomic E-state index is 13.7. The summed E-state index contributed by atoms with van der Waals surface area (Å²) in [4.78, 5) is 16.5. The summed E-state index contributed by atoms with van der Waals surface area (Å²) in [6.07, 6.45) is 1.54. The molecule has 0 saturated carbocycles.